The second-order valence-electron chi connectivity index (χ2n) is 6.19. The highest BCUT2D eigenvalue weighted by molar-refractivity contribution is 5.94. The molecule has 1 aromatic carbocycles. The fourth-order valence-corrected chi connectivity index (χ4v) is 2.98. The van der Waals surface area contributed by atoms with Crippen LogP contribution in [0.25, 0.3) is 0 Å². The van der Waals surface area contributed by atoms with Crippen LogP contribution in [0.2, 0.25) is 0 Å². The van der Waals surface area contributed by atoms with E-state index in [9.17, 15) is 13.6 Å². The zero-order chi connectivity index (χ0) is 19.4. The Morgan fingerprint density at radius 3 is 2.78 bits per heavy atom. The molecule has 2 aromatic rings. The van der Waals surface area contributed by atoms with Gasteiger partial charge in [-0.05, 0) is 30.5 Å². The summed E-state index contributed by atoms with van der Waals surface area (Å²) in [5.41, 5.74) is 1.14. The number of carbonyl (C=O) groups is 1. The number of aryl methyl sites for hydroxylation is 1. The smallest absolute Gasteiger partial charge is 0.269 e. The van der Waals surface area contributed by atoms with Crippen LogP contribution >= 0.6 is 0 Å². The maximum absolute atomic E-state index is 13.5. The normalized spacial score (nSPS) is 15.7. The van der Waals surface area contributed by atoms with Gasteiger partial charge in [0.05, 0.1) is 18.6 Å². The van der Waals surface area contributed by atoms with Crippen LogP contribution in [0.5, 0.6) is 0 Å². The lowest BCUT2D eigenvalue weighted by Crippen LogP contribution is -2.28. The average Bonchev–Trinajstić information content (AvgIpc) is 3.29. The first kappa shape index (κ1) is 18.5. The van der Waals surface area contributed by atoms with Crippen molar-refractivity contribution in [3.63, 3.8) is 0 Å². The van der Waals surface area contributed by atoms with Crippen molar-refractivity contribution >= 4 is 12.1 Å². The van der Waals surface area contributed by atoms with Crippen molar-refractivity contribution in [2.24, 2.45) is 5.10 Å². The first-order valence-corrected chi connectivity index (χ1v) is 8.39. The molecule has 0 saturated heterocycles. The van der Waals surface area contributed by atoms with Gasteiger partial charge in [-0.1, -0.05) is 6.58 Å². The number of hydrogen-bond donors (Lipinski definition) is 0. The number of amides is 1. The lowest BCUT2D eigenvalue weighted by atomic mass is 10.0. The van der Waals surface area contributed by atoms with Crippen LogP contribution in [0, 0.1) is 23.0 Å². The molecule has 1 aliphatic heterocycles. The summed E-state index contributed by atoms with van der Waals surface area (Å²) in [4.78, 5) is 16.6. The van der Waals surface area contributed by atoms with Crippen LogP contribution in [-0.2, 0) is 11.3 Å². The molecule has 1 aliphatic rings. The molecule has 6 nitrogen and oxygen atoms in total. The van der Waals surface area contributed by atoms with Crippen molar-refractivity contribution in [3.05, 3.63) is 65.8 Å². The van der Waals surface area contributed by atoms with E-state index in [1.807, 2.05) is 6.07 Å². The highest BCUT2D eigenvalue weighted by Gasteiger charge is 2.30. The van der Waals surface area contributed by atoms with E-state index in [0.29, 0.717) is 42.6 Å². The number of benzene rings is 1. The van der Waals surface area contributed by atoms with Gasteiger partial charge >= 0.3 is 0 Å². The lowest BCUT2D eigenvalue weighted by Gasteiger charge is -2.23. The van der Waals surface area contributed by atoms with E-state index in [1.54, 1.807) is 17.1 Å². The molecular formula is C19H17F2N5O. The third kappa shape index (κ3) is 4.08. The van der Waals surface area contributed by atoms with Crippen molar-refractivity contribution in [1.82, 2.24) is 14.6 Å². The molecule has 1 aromatic heterocycles. The summed E-state index contributed by atoms with van der Waals surface area (Å²) < 4.78 is 28.7. The quantitative estimate of drug-likeness (QED) is 0.733. The fraction of sp³-hybridized carbons (Fsp3) is 0.263. The summed E-state index contributed by atoms with van der Waals surface area (Å²) in [5.74, 6) is -1.78. The zero-order valence-corrected chi connectivity index (χ0v) is 14.5. The first-order valence-electron chi connectivity index (χ1n) is 8.39. The number of nitriles is 1. The Morgan fingerprint density at radius 1 is 1.33 bits per heavy atom. The third-order valence-electron chi connectivity index (χ3n) is 4.31. The maximum atomic E-state index is 13.5. The Balaban J connectivity index is 1.62. The average molecular weight is 369 g/mol. The molecule has 0 bridgehead atoms. The summed E-state index contributed by atoms with van der Waals surface area (Å²) in [6.07, 6.45) is 5.94. The van der Waals surface area contributed by atoms with Gasteiger partial charge in [0.15, 0.2) is 0 Å². The molecule has 0 spiro atoms. The van der Waals surface area contributed by atoms with E-state index in [0.717, 1.165) is 6.07 Å². The van der Waals surface area contributed by atoms with Gasteiger partial charge in [-0.25, -0.2) is 18.8 Å². The number of nitrogens with zero attached hydrogens (tertiary/aromatic N) is 5. The molecule has 0 radical (unpaired) electrons. The summed E-state index contributed by atoms with van der Waals surface area (Å²) in [6.45, 7) is 4.35. The monoisotopic (exact) mass is 369 g/mol. The van der Waals surface area contributed by atoms with Crippen molar-refractivity contribution in [1.29, 1.82) is 5.26 Å². The third-order valence-corrected chi connectivity index (χ3v) is 4.31. The van der Waals surface area contributed by atoms with Crippen molar-refractivity contribution in [2.45, 2.75) is 31.8 Å². The van der Waals surface area contributed by atoms with Crippen molar-refractivity contribution in [2.75, 3.05) is 0 Å². The molecule has 2 heterocycles. The number of imidazole rings is 1. The van der Waals surface area contributed by atoms with Gasteiger partial charge in [0.1, 0.15) is 23.4 Å². The van der Waals surface area contributed by atoms with Gasteiger partial charge in [0.2, 0.25) is 0 Å². The molecule has 138 valence electrons. The Kier molecular flexibility index (Phi) is 5.41. The molecule has 0 fully saturated rings. The number of carbonyl (C=O) groups excluding carboxylic acids is 1. The topological polar surface area (TPSA) is 74.3 Å². The predicted octanol–water partition coefficient (Wildman–Crippen LogP) is 3.33. The number of hydrazone groups is 1. The number of halogens is 2. The van der Waals surface area contributed by atoms with Crippen molar-refractivity contribution < 1.29 is 13.6 Å². The van der Waals surface area contributed by atoms with E-state index < -0.39 is 17.7 Å². The van der Waals surface area contributed by atoms with Gasteiger partial charge in [-0.3, -0.25) is 4.79 Å². The number of hydrogen-bond acceptors (Lipinski definition) is 4. The molecule has 0 saturated carbocycles. The van der Waals surface area contributed by atoms with E-state index in [1.165, 1.54) is 23.3 Å². The van der Waals surface area contributed by atoms with Crippen LogP contribution in [0.15, 0.2) is 48.0 Å². The molecule has 27 heavy (non-hydrogen) atoms. The molecule has 8 heteroatoms. The fourth-order valence-electron chi connectivity index (χ4n) is 2.98. The van der Waals surface area contributed by atoms with Crippen LogP contribution in [-0.4, -0.2) is 26.7 Å². The molecule has 1 atom stereocenters. The largest absolute Gasteiger partial charge is 0.322 e. The van der Waals surface area contributed by atoms with Crippen LogP contribution in [0.3, 0.4) is 0 Å². The molecule has 3 rings (SSSR count). The minimum absolute atomic E-state index is 0.342. The van der Waals surface area contributed by atoms with E-state index in [-0.39, 0.29) is 5.91 Å². The van der Waals surface area contributed by atoms with Gasteiger partial charge in [-0.15, -0.1) is 0 Å². The summed E-state index contributed by atoms with van der Waals surface area (Å²) in [6, 6.07) is 4.67. The predicted molar refractivity (Wildman–Crippen MR) is 94.4 cm³/mol. The van der Waals surface area contributed by atoms with E-state index in [2.05, 4.69) is 16.7 Å². The summed E-state index contributed by atoms with van der Waals surface area (Å²) in [5, 5.41) is 14.2. The highest BCUT2D eigenvalue weighted by atomic mass is 19.1. The Labute approximate surface area is 155 Å². The second-order valence-corrected chi connectivity index (χ2v) is 6.19. The number of rotatable bonds is 6. The minimum atomic E-state index is -0.697. The highest BCUT2D eigenvalue weighted by Crippen LogP contribution is 2.30. The molecule has 1 unspecified atom stereocenters. The standard InChI is InChI=1S/C19H17F2N5O/c1-13(3-2-6-25-12-23-11-17(25)10-22)19(27)26-18(4-5-24-26)14-7-15(20)9-16(21)8-14/h5,7-9,11-12,18H,1-4,6H2. The maximum Gasteiger partial charge on any atom is 0.269 e. The molecule has 0 aliphatic carbocycles. The molecular weight excluding hydrogens is 352 g/mol. The Morgan fingerprint density at radius 2 is 2.07 bits per heavy atom. The van der Waals surface area contributed by atoms with Gasteiger partial charge in [0.25, 0.3) is 5.91 Å². The second kappa shape index (κ2) is 7.91. The first-order chi connectivity index (χ1) is 13.0. The zero-order valence-electron chi connectivity index (χ0n) is 14.5. The van der Waals surface area contributed by atoms with Gasteiger partial charge in [-0.2, -0.15) is 10.4 Å². The summed E-state index contributed by atoms with van der Waals surface area (Å²) in [7, 11) is 0. The van der Waals surface area contributed by atoms with E-state index >= 15 is 0 Å². The minimum Gasteiger partial charge on any atom is -0.322 e. The molecule has 1 amide bonds. The lowest BCUT2D eigenvalue weighted by molar-refractivity contribution is -0.129. The Hall–Kier alpha value is -3.34. The Bertz CT molecular complexity index is 924. The van der Waals surface area contributed by atoms with Crippen molar-refractivity contribution in [3.8, 4) is 6.07 Å². The van der Waals surface area contributed by atoms with Crippen LogP contribution < -0.4 is 0 Å². The number of aromatic nitrogens is 2. The van der Waals surface area contributed by atoms with E-state index in [4.69, 9.17) is 5.26 Å². The molecule has 0 N–H and O–H groups in total. The van der Waals surface area contributed by atoms with Crippen LogP contribution in [0.1, 0.15) is 36.6 Å². The van der Waals surface area contributed by atoms with Gasteiger partial charge in [0, 0.05) is 30.8 Å². The van der Waals surface area contributed by atoms with Gasteiger partial charge < -0.3 is 4.57 Å². The SMILES string of the molecule is C=C(CCCn1cncc1C#N)C(=O)N1N=CCC1c1cc(F)cc(F)c1. The summed E-state index contributed by atoms with van der Waals surface area (Å²) >= 11 is 0. The van der Waals surface area contributed by atoms with Crippen LogP contribution in [0.4, 0.5) is 8.78 Å².